The SMILES string of the molecule is CC(=O)c1ccc(N2C(=O)[C@@H]3[C@@H](C2=O)[C@@]2(C)C=C[C@H]3O2)cc1. The molecule has 0 N–H and O–H groups in total. The molecule has 22 heavy (non-hydrogen) atoms. The van der Waals surface area contributed by atoms with Gasteiger partial charge in [0.2, 0.25) is 11.8 Å². The molecule has 0 radical (unpaired) electrons. The molecule has 2 fully saturated rings. The average molecular weight is 297 g/mol. The van der Waals surface area contributed by atoms with E-state index in [4.69, 9.17) is 4.74 Å². The van der Waals surface area contributed by atoms with E-state index in [1.165, 1.54) is 11.8 Å². The molecule has 0 unspecified atom stereocenters. The van der Waals surface area contributed by atoms with Crippen molar-refractivity contribution in [2.24, 2.45) is 11.8 Å². The monoisotopic (exact) mass is 297 g/mol. The molecule has 4 atom stereocenters. The van der Waals surface area contributed by atoms with Crippen LogP contribution in [0.2, 0.25) is 0 Å². The Bertz CT molecular complexity index is 736. The van der Waals surface area contributed by atoms with E-state index >= 15 is 0 Å². The van der Waals surface area contributed by atoms with E-state index in [9.17, 15) is 14.4 Å². The van der Waals surface area contributed by atoms with Crippen LogP contribution in [-0.4, -0.2) is 29.3 Å². The van der Waals surface area contributed by atoms with Crippen molar-refractivity contribution in [3.63, 3.8) is 0 Å². The molecule has 112 valence electrons. The number of hydrogen-bond donors (Lipinski definition) is 0. The van der Waals surface area contributed by atoms with Crippen LogP contribution < -0.4 is 4.90 Å². The second-order valence-electron chi connectivity index (χ2n) is 6.24. The maximum atomic E-state index is 12.7. The fraction of sp³-hybridized carbons (Fsp3) is 0.353. The lowest BCUT2D eigenvalue weighted by Crippen LogP contribution is -2.38. The van der Waals surface area contributed by atoms with Crippen LogP contribution in [0.5, 0.6) is 0 Å². The van der Waals surface area contributed by atoms with Gasteiger partial charge in [-0.3, -0.25) is 14.4 Å². The number of benzene rings is 1. The first-order chi connectivity index (χ1) is 10.4. The quantitative estimate of drug-likeness (QED) is 0.474. The minimum atomic E-state index is -0.684. The van der Waals surface area contributed by atoms with Gasteiger partial charge in [-0.05, 0) is 38.1 Å². The molecule has 0 saturated carbocycles. The summed E-state index contributed by atoms with van der Waals surface area (Å²) in [6.45, 7) is 3.33. The molecule has 0 aliphatic carbocycles. The highest BCUT2D eigenvalue weighted by Crippen LogP contribution is 2.52. The largest absolute Gasteiger partial charge is 0.362 e. The Kier molecular flexibility index (Phi) is 2.52. The molecular formula is C17H15NO4. The smallest absolute Gasteiger partial charge is 0.241 e. The minimum Gasteiger partial charge on any atom is -0.362 e. The lowest BCUT2D eigenvalue weighted by molar-refractivity contribution is -0.126. The molecule has 0 aromatic heterocycles. The number of hydrogen-bond acceptors (Lipinski definition) is 4. The molecule has 3 aliphatic heterocycles. The van der Waals surface area contributed by atoms with Gasteiger partial charge in [0.25, 0.3) is 0 Å². The molecular weight excluding hydrogens is 282 g/mol. The van der Waals surface area contributed by atoms with Gasteiger partial charge >= 0.3 is 0 Å². The second kappa shape index (κ2) is 4.14. The Morgan fingerprint density at radius 1 is 1.18 bits per heavy atom. The highest BCUT2D eigenvalue weighted by Gasteiger charge is 2.65. The van der Waals surface area contributed by atoms with E-state index in [-0.39, 0.29) is 23.7 Å². The van der Waals surface area contributed by atoms with Crippen molar-refractivity contribution in [2.45, 2.75) is 25.6 Å². The first-order valence-corrected chi connectivity index (χ1v) is 7.28. The Balaban J connectivity index is 1.71. The number of nitrogens with zero attached hydrogens (tertiary/aromatic N) is 1. The van der Waals surface area contributed by atoms with Gasteiger partial charge in [-0.15, -0.1) is 0 Å². The van der Waals surface area contributed by atoms with Crippen molar-refractivity contribution >= 4 is 23.3 Å². The highest BCUT2D eigenvalue weighted by molar-refractivity contribution is 6.23. The zero-order valence-corrected chi connectivity index (χ0v) is 12.3. The summed E-state index contributed by atoms with van der Waals surface area (Å²) in [6.07, 6.45) is 3.44. The third kappa shape index (κ3) is 1.54. The molecule has 2 amide bonds. The van der Waals surface area contributed by atoms with Crippen molar-refractivity contribution in [3.05, 3.63) is 42.0 Å². The van der Waals surface area contributed by atoms with Gasteiger partial charge in [0.1, 0.15) is 0 Å². The summed E-state index contributed by atoms with van der Waals surface area (Å²) in [5.41, 5.74) is 0.383. The van der Waals surface area contributed by atoms with Crippen LogP contribution in [0, 0.1) is 11.8 Å². The average Bonchev–Trinajstić information content (AvgIpc) is 3.08. The molecule has 2 saturated heterocycles. The Morgan fingerprint density at radius 3 is 2.45 bits per heavy atom. The first-order valence-electron chi connectivity index (χ1n) is 7.28. The molecule has 0 spiro atoms. The third-order valence-corrected chi connectivity index (χ3v) is 4.86. The molecule has 1 aromatic carbocycles. The molecule has 3 aliphatic rings. The van der Waals surface area contributed by atoms with Crippen molar-refractivity contribution in [2.75, 3.05) is 4.90 Å². The van der Waals surface area contributed by atoms with Crippen LogP contribution in [0.4, 0.5) is 5.69 Å². The zero-order chi connectivity index (χ0) is 15.6. The van der Waals surface area contributed by atoms with E-state index in [0.29, 0.717) is 11.3 Å². The van der Waals surface area contributed by atoms with Crippen LogP contribution in [-0.2, 0) is 14.3 Å². The summed E-state index contributed by atoms with van der Waals surface area (Å²) in [6, 6.07) is 6.56. The van der Waals surface area contributed by atoms with Gasteiger partial charge < -0.3 is 4.74 Å². The number of carbonyl (C=O) groups is 3. The zero-order valence-electron chi connectivity index (χ0n) is 12.3. The van der Waals surface area contributed by atoms with Gasteiger partial charge in [0.05, 0.1) is 29.2 Å². The Morgan fingerprint density at radius 2 is 1.86 bits per heavy atom. The maximum Gasteiger partial charge on any atom is 0.241 e. The van der Waals surface area contributed by atoms with E-state index in [1.807, 2.05) is 19.1 Å². The second-order valence-corrected chi connectivity index (χ2v) is 6.24. The van der Waals surface area contributed by atoms with Crippen LogP contribution in [0.1, 0.15) is 24.2 Å². The summed E-state index contributed by atoms with van der Waals surface area (Å²) >= 11 is 0. The number of rotatable bonds is 2. The molecule has 3 heterocycles. The number of imide groups is 1. The topological polar surface area (TPSA) is 63.7 Å². The molecule has 5 nitrogen and oxygen atoms in total. The van der Waals surface area contributed by atoms with E-state index in [2.05, 4.69) is 0 Å². The molecule has 1 aromatic rings. The fourth-order valence-corrected chi connectivity index (χ4v) is 3.75. The molecule has 2 bridgehead atoms. The number of fused-ring (bicyclic) bond motifs is 5. The maximum absolute atomic E-state index is 12.7. The van der Waals surface area contributed by atoms with Crippen molar-refractivity contribution in [1.82, 2.24) is 0 Å². The third-order valence-electron chi connectivity index (χ3n) is 4.86. The lowest BCUT2D eigenvalue weighted by atomic mass is 9.78. The first kappa shape index (κ1) is 13.4. The number of ketones is 1. The number of Topliss-reactive ketones (excluding diaryl/α,β-unsaturated/α-hetero) is 1. The van der Waals surface area contributed by atoms with Gasteiger partial charge in [-0.25, -0.2) is 4.90 Å². The molecule has 4 rings (SSSR count). The number of carbonyl (C=O) groups excluding carboxylic acids is 3. The minimum absolute atomic E-state index is 0.0503. The summed E-state index contributed by atoms with van der Waals surface area (Å²) in [7, 11) is 0. The summed E-state index contributed by atoms with van der Waals surface area (Å²) in [4.78, 5) is 38.0. The van der Waals surface area contributed by atoms with Gasteiger partial charge in [-0.1, -0.05) is 12.2 Å². The van der Waals surface area contributed by atoms with E-state index < -0.39 is 17.4 Å². The van der Waals surface area contributed by atoms with Gasteiger partial charge in [-0.2, -0.15) is 0 Å². The normalized spacial score (nSPS) is 35.4. The fourth-order valence-electron chi connectivity index (χ4n) is 3.75. The summed E-state index contributed by atoms with van der Waals surface area (Å²) in [5.74, 6) is -1.38. The number of anilines is 1. The summed E-state index contributed by atoms with van der Waals surface area (Å²) in [5, 5.41) is 0. The van der Waals surface area contributed by atoms with Gasteiger partial charge in [0, 0.05) is 5.56 Å². The Labute approximate surface area is 127 Å². The molecule has 5 heteroatoms. The Hall–Kier alpha value is -2.27. The summed E-state index contributed by atoms with van der Waals surface area (Å²) < 4.78 is 5.78. The predicted molar refractivity (Wildman–Crippen MR) is 78.3 cm³/mol. The van der Waals surface area contributed by atoms with E-state index in [0.717, 1.165) is 0 Å². The highest BCUT2D eigenvalue weighted by atomic mass is 16.5. The van der Waals surface area contributed by atoms with Crippen LogP contribution in [0.25, 0.3) is 0 Å². The van der Waals surface area contributed by atoms with Crippen molar-refractivity contribution < 1.29 is 19.1 Å². The number of amides is 2. The number of ether oxygens (including phenoxy) is 1. The van der Waals surface area contributed by atoms with E-state index in [1.54, 1.807) is 24.3 Å². The van der Waals surface area contributed by atoms with Crippen molar-refractivity contribution in [3.8, 4) is 0 Å². The van der Waals surface area contributed by atoms with Crippen LogP contribution in [0.3, 0.4) is 0 Å². The lowest BCUT2D eigenvalue weighted by Gasteiger charge is -2.24. The predicted octanol–water partition coefficient (Wildman–Crippen LogP) is 1.72. The van der Waals surface area contributed by atoms with Crippen LogP contribution in [0.15, 0.2) is 36.4 Å². The van der Waals surface area contributed by atoms with Crippen molar-refractivity contribution in [1.29, 1.82) is 0 Å². The van der Waals surface area contributed by atoms with Gasteiger partial charge in [0.15, 0.2) is 5.78 Å². The van der Waals surface area contributed by atoms with Crippen LogP contribution >= 0.6 is 0 Å². The standard InChI is InChI=1S/C17H15NO4/c1-9(19)10-3-5-11(6-4-10)18-15(20)13-12-7-8-17(2,22-12)14(13)16(18)21/h3-8,12-14H,1-2H3/t12-,13+,14+,17-/m1/s1.